The molecule has 1 unspecified atom stereocenters. The molecule has 0 aromatic carbocycles. The summed E-state index contributed by atoms with van der Waals surface area (Å²) in [5.74, 6) is 2.34. The molecule has 114 valence electrons. The molecule has 0 bridgehead atoms. The Morgan fingerprint density at radius 2 is 2.11 bits per heavy atom. The van der Waals surface area contributed by atoms with E-state index in [0.717, 1.165) is 30.8 Å². The first kappa shape index (κ1) is 19.0. The second kappa shape index (κ2) is 9.86. The lowest BCUT2D eigenvalue weighted by atomic mass is 9.79. The third-order valence-electron chi connectivity index (χ3n) is 3.60. The van der Waals surface area contributed by atoms with Crippen molar-refractivity contribution < 1.29 is 9.53 Å². The number of hydrogen-bond donors (Lipinski definition) is 2. The van der Waals surface area contributed by atoms with Crippen LogP contribution in [0.15, 0.2) is 0 Å². The third kappa shape index (κ3) is 5.90. The summed E-state index contributed by atoms with van der Waals surface area (Å²) in [6.45, 7) is 5.92. The van der Waals surface area contributed by atoms with Gasteiger partial charge in [-0.2, -0.15) is 11.8 Å². The van der Waals surface area contributed by atoms with Gasteiger partial charge in [-0.05, 0) is 37.7 Å². The molecule has 0 radical (unpaired) electrons. The van der Waals surface area contributed by atoms with E-state index in [1.54, 1.807) is 0 Å². The van der Waals surface area contributed by atoms with Crippen LogP contribution in [0.1, 0.15) is 33.1 Å². The maximum absolute atomic E-state index is 12.3. The smallest absolute Gasteiger partial charge is 0.227 e. The Balaban J connectivity index is 0.00000324. The lowest BCUT2D eigenvalue weighted by Gasteiger charge is -2.35. The van der Waals surface area contributed by atoms with Crippen LogP contribution in [0, 0.1) is 5.41 Å². The van der Waals surface area contributed by atoms with Crippen LogP contribution in [0.3, 0.4) is 0 Å². The maximum atomic E-state index is 12.3. The summed E-state index contributed by atoms with van der Waals surface area (Å²) < 4.78 is 5.32. The molecule has 0 aromatic heterocycles. The van der Waals surface area contributed by atoms with Gasteiger partial charge in [0.2, 0.25) is 5.91 Å². The summed E-state index contributed by atoms with van der Waals surface area (Å²) in [7, 11) is 0. The van der Waals surface area contributed by atoms with E-state index in [2.05, 4.69) is 19.2 Å². The van der Waals surface area contributed by atoms with E-state index in [1.165, 1.54) is 0 Å². The molecule has 0 aliphatic carbocycles. The first-order valence-electron chi connectivity index (χ1n) is 6.81. The van der Waals surface area contributed by atoms with Gasteiger partial charge in [-0.25, -0.2) is 0 Å². The first-order valence-corrected chi connectivity index (χ1v) is 7.96. The Morgan fingerprint density at radius 3 is 2.63 bits per heavy atom. The van der Waals surface area contributed by atoms with Crippen LogP contribution >= 0.6 is 24.2 Å². The van der Waals surface area contributed by atoms with Gasteiger partial charge in [0.15, 0.2) is 0 Å². The largest absolute Gasteiger partial charge is 0.381 e. The second-order valence-corrected chi connectivity index (χ2v) is 6.35. The van der Waals surface area contributed by atoms with E-state index >= 15 is 0 Å². The zero-order valence-corrected chi connectivity index (χ0v) is 13.6. The van der Waals surface area contributed by atoms with Gasteiger partial charge in [-0.15, -0.1) is 12.4 Å². The third-order valence-corrected chi connectivity index (χ3v) is 4.53. The molecule has 0 aromatic rings. The number of nitrogens with one attached hydrogen (secondary N) is 1. The van der Waals surface area contributed by atoms with Crippen LogP contribution in [0.5, 0.6) is 0 Å². The number of nitrogens with two attached hydrogens (primary N) is 1. The predicted molar refractivity (Wildman–Crippen MR) is 84.0 cm³/mol. The van der Waals surface area contributed by atoms with Crippen molar-refractivity contribution in [1.82, 2.24) is 5.32 Å². The molecule has 1 saturated heterocycles. The average molecular weight is 311 g/mol. The van der Waals surface area contributed by atoms with Crippen LogP contribution in [-0.4, -0.2) is 43.2 Å². The molecule has 3 N–H and O–H groups in total. The molecule has 0 saturated carbocycles. The number of amides is 1. The van der Waals surface area contributed by atoms with Gasteiger partial charge < -0.3 is 15.8 Å². The monoisotopic (exact) mass is 310 g/mol. The molecule has 1 aliphatic rings. The van der Waals surface area contributed by atoms with Gasteiger partial charge >= 0.3 is 0 Å². The quantitative estimate of drug-likeness (QED) is 0.704. The summed E-state index contributed by atoms with van der Waals surface area (Å²) in [5.41, 5.74) is 5.42. The van der Waals surface area contributed by atoms with Crippen LogP contribution in [0.4, 0.5) is 0 Å². The molecular formula is C13H27ClN2O2S. The minimum absolute atomic E-state index is 0. The lowest BCUT2D eigenvalue weighted by Crippen LogP contribution is -2.51. The number of carbonyl (C=O) groups is 1. The molecule has 6 heteroatoms. The summed E-state index contributed by atoms with van der Waals surface area (Å²) in [6, 6.07) is 0.225. The fraction of sp³-hybridized carbons (Fsp3) is 0.923. The zero-order chi connectivity index (χ0) is 13.4. The normalized spacial score (nSPS) is 19.3. The minimum atomic E-state index is -0.398. The summed E-state index contributed by atoms with van der Waals surface area (Å²) in [4.78, 5) is 12.3. The van der Waals surface area contributed by atoms with E-state index in [4.69, 9.17) is 10.5 Å². The van der Waals surface area contributed by atoms with Crippen molar-refractivity contribution >= 4 is 30.1 Å². The Labute approximate surface area is 127 Å². The standard InChI is InChI=1S/C13H26N2O2S.ClH/c1-3-18-9-4-11(2)15-12(16)13(10-14)5-7-17-8-6-13;/h11H,3-10,14H2,1-2H3,(H,15,16);1H. The van der Waals surface area contributed by atoms with Crippen LogP contribution in [0.2, 0.25) is 0 Å². The number of rotatable bonds is 7. The SMILES string of the molecule is CCSCCC(C)NC(=O)C1(CN)CCOCC1.Cl. The van der Waals surface area contributed by atoms with Crippen molar-refractivity contribution in [2.75, 3.05) is 31.3 Å². The predicted octanol–water partition coefficient (Wildman–Crippen LogP) is 1.81. The molecule has 0 spiro atoms. The van der Waals surface area contributed by atoms with Gasteiger partial charge in [0, 0.05) is 25.8 Å². The highest BCUT2D eigenvalue weighted by Crippen LogP contribution is 2.29. The number of carbonyl (C=O) groups excluding carboxylic acids is 1. The van der Waals surface area contributed by atoms with Gasteiger partial charge in [-0.3, -0.25) is 4.79 Å². The molecule has 19 heavy (non-hydrogen) atoms. The first-order chi connectivity index (χ1) is 8.64. The Bertz CT molecular complexity index is 261. The molecule has 1 atom stereocenters. The molecule has 4 nitrogen and oxygen atoms in total. The summed E-state index contributed by atoms with van der Waals surface area (Å²) in [6.07, 6.45) is 2.50. The lowest BCUT2D eigenvalue weighted by molar-refractivity contribution is -0.136. The van der Waals surface area contributed by atoms with Gasteiger partial charge in [0.25, 0.3) is 0 Å². The Kier molecular flexibility index (Phi) is 9.87. The number of halogens is 1. The maximum Gasteiger partial charge on any atom is 0.227 e. The minimum Gasteiger partial charge on any atom is -0.381 e. The fourth-order valence-electron chi connectivity index (χ4n) is 2.14. The van der Waals surface area contributed by atoms with E-state index in [-0.39, 0.29) is 24.4 Å². The van der Waals surface area contributed by atoms with Crippen molar-refractivity contribution in [2.24, 2.45) is 11.1 Å². The van der Waals surface area contributed by atoms with Crippen molar-refractivity contribution in [1.29, 1.82) is 0 Å². The number of ether oxygens (including phenoxy) is 1. The average Bonchev–Trinajstić information content (AvgIpc) is 2.39. The molecule has 1 rings (SSSR count). The topological polar surface area (TPSA) is 64.4 Å². The van der Waals surface area contributed by atoms with E-state index in [1.807, 2.05) is 11.8 Å². The second-order valence-electron chi connectivity index (χ2n) is 4.96. The van der Waals surface area contributed by atoms with Crippen molar-refractivity contribution in [3.8, 4) is 0 Å². The van der Waals surface area contributed by atoms with Crippen LogP contribution < -0.4 is 11.1 Å². The zero-order valence-electron chi connectivity index (χ0n) is 11.9. The summed E-state index contributed by atoms with van der Waals surface area (Å²) in [5, 5.41) is 3.11. The Hall–Kier alpha value is 0.0300. The molecule has 1 fully saturated rings. The highest BCUT2D eigenvalue weighted by molar-refractivity contribution is 7.99. The number of thioether (sulfide) groups is 1. The van der Waals surface area contributed by atoms with E-state index in [9.17, 15) is 4.79 Å². The van der Waals surface area contributed by atoms with Crippen molar-refractivity contribution in [2.45, 2.75) is 39.2 Å². The van der Waals surface area contributed by atoms with Gasteiger partial charge in [-0.1, -0.05) is 6.92 Å². The molecule has 1 amide bonds. The molecule has 1 aliphatic heterocycles. The van der Waals surface area contributed by atoms with Crippen molar-refractivity contribution in [3.05, 3.63) is 0 Å². The van der Waals surface area contributed by atoms with E-state index < -0.39 is 5.41 Å². The molecular weight excluding hydrogens is 284 g/mol. The highest BCUT2D eigenvalue weighted by atomic mass is 35.5. The van der Waals surface area contributed by atoms with Crippen molar-refractivity contribution in [3.63, 3.8) is 0 Å². The van der Waals surface area contributed by atoms with Gasteiger partial charge in [0.05, 0.1) is 5.41 Å². The summed E-state index contributed by atoms with van der Waals surface area (Å²) >= 11 is 1.91. The van der Waals surface area contributed by atoms with Crippen LogP contribution in [-0.2, 0) is 9.53 Å². The number of hydrogen-bond acceptors (Lipinski definition) is 4. The van der Waals surface area contributed by atoms with E-state index in [0.29, 0.717) is 19.8 Å². The highest BCUT2D eigenvalue weighted by Gasteiger charge is 2.39. The fourth-order valence-corrected chi connectivity index (χ4v) is 2.95. The van der Waals surface area contributed by atoms with Crippen LogP contribution in [0.25, 0.3) is 0 Å². The Morgan fingerprint density at radius 1 is 1.47 bits per heavy atom. The van der Waals surface area contributed by atoms with Gasteiger partial charge in [0.1, 0.15) is 0 Å². The molecule has 1 heterocycles.